The summed E-state index contributed by atoms with van der Waals surface area (Å²) in [7, 11) is -3.77. The first-order valence-corrected chi connectivity index (χ1v) is 9.35. The predicted molar refractivity (Wildman–Crippen MR) is 77.2 cm³/mol. The molecule has 0 unspecified atom stereocenters. The number of aliphatic carboxylic acids is 1. The van der Waals surface area contributed by atoms with Gasteiger partial charge >= 0.3 is 12.1 Å². The van der Waals surface area contributed by atoms with Crippen LogP contribution in [0.15, 0.2) is 0 Å². The van der Waals surface area contributed by atoms with Gasteiger partial charge in [0, 0.05) is 12.6 Å². The summed E-state index contributed by atoms with van der Waals surface area (Å²) >= 11 is 0. The summed E-state index contributed by atoms with van der Waals surface area (Å²) in [4.78, 5) is 11.2. The summed E-state index contributed by atoms with van der Waals surface area (Å²) in [6.45, 7) is 1.81. The lowest BCUT2D eigenvalue weighted by Gasteiger charge is -2.40. The SMILES string of the molecule is C[C@@H]1[C@H](C(=O)O)CCCN1S(=O)(=O)C1CCC(C(F)(F)F)CC1. The van der Waals surface area contributed by atoms with Crippen LogP contribution in [0.3, 0.4) is 0 Å². The number of hydrogen-bond acceptors (Lipinski definition) is 3. The molecular weight excluding hydrogens is 335 g/mol. The van der Waals surface area contributed by atoms with Crippen molar-refractivity contribution in [2.45, 2.75) is 62.9 Å². The average Bonchev–Trinajstić information content (AvgIpc) is 2.46. The fourth-order valence-electron chi connectivity index (χ4n) is 3.68. The number of rotatable bonds is 3. The van der Waals surface area contributed by atoms with E-state index in [9.17, 15) is 31.5 Å². The largest absolute Gasteiger partial charge is 0.481 e. The first-order chi connectivity index (χ1) is 10.5. The van der Waals surface area contributed by atoms with E-state index in [1.165, 1.54) is 4.31 Å². The van der Waals surface area contributed by atoms with Crippen LogP contribution in [0, 0.1) is 11.8 Å². The molecule has 1 saturated heterocycles. The zero-order chi connectivity index (χ0) is 17.4. The van der Waals surface area contributed by atoms with Crippen molar-refractivity contribution in [1.82, 2.24) is 4.31 Å². The molecule has 1 saturated carbocycles. The smallest absolute Gasteiger partial charge is 0.391 e. The van der Waals surface area contributed by atoms with Crippen molar-refractivity contribution >= 4 is 16.0 Å². The number of halogens is 3. The highest BCUT2D eigenvalue weighted by Crippen LogP contribution is 2.40. The third-order valence-corrected chi connectivity index (χ3v) is 7.62. The van der Waals surface area contributed by atoms with Crippen molar-refractivity contribution in [3.63, 3.8) is 0 Å². The molecule has 2 aliphatic rings. The monoisotopic (exact) mass is 357 g/mol. The molecule has 0 amide bonds. The lowest BCUT2D eigenvalue weighted by molar-refractivity contribution is -0.181. The van der Waals surface area contributed by atoms with Crippen LogP contribution in [-0.2, 0) is 14.8 Å². The van der Waals surface area contributed by atoms with Crippen molar-refractivity contribution < 1.29 is 31.5 Å². The van der Waals surface area contributed by atoms with Crippen molar-refractivity contribution in [3.05, 3.63) is 0 Å². The highest BCUT2D eigenvalue weighted by Gasteiger charge is 2.47. The number of alkyl halides is 3. The number of piperidine rings is 1. The van der Waals surface area contributed by atoms with Crippen LogP contribution in [0.1, 0.15) is 45.4 Å². The van der Waals surface area contributed by atoms with Crippen LogP contribution in [-0.4, -0.2) is 47.8 Å². The maximum absolute atomic E-state index is 12.7. The summed E-state index contributed by atoms with van der Waals surface area (Å²) in [6, 6.07) is -0.661. The Morgan fingerprint density at radius 3 is 2.17 bits per heavy atom. The summed E-state index contributed by atoms with van der Waals surface area (Å²) in [5, 5.41) is 8.34. The molecular formula is C14H22F3NO4S. The van der Waals surface area contributed by atoms with Crippen LogP contribution < -0.4 is 0 Å². The highest BCUT2D eigenvalue weighted by atomic mass is 32.2. The molecule has 0 aromatic heterocycles. The van der Waals surface area contributed by atoms with Gasteiger partial charge in [0.1, 0.15) is 0 Å². The third kappa shape index (κ3) is 3.81. The van der Waals surface area contributed by atoms with Gasteiger partial charge in [-0.15, -0.1) is 0 Å². The first kappa shape index (κ1) is 18.5. The molecule has 9 heteroatoms. The predicted octanol–water partition coefficient (Wildman–Crippen LogP) is 2.62. The lowest BCUT2D eigenvalue weighted by Crippen LogP contribution is -2.52. The molecule has 0 aromatic carbocycles. The van der Waals surface area contributed by atoms with Gasteiger partial charge in [-0.2, -0.15) is 17.5 Å². The second kappa shape index (κ2) is 6.58. The molecule has 0 spiro atoms. The minimum atomic E-state index is -4.28. The Labute approximate surface area is 133 Å². The molecule has 0 aromatic rings. The Hall–Kier alpha value is -0.830. The quantitative estimate of drug-likeness (QED) is 0.843. The summed E-state index contributed by atoms with van der Waals surface area (Å²) in [5.74, 6) is -3.22. The van der Waals surface area contributed by atoms with Crippen molar-refractivity contribution in [2.75, 3.05) is 6.54 Å². The summed E-state index contributed by atoms with van der Waals surface area (Å²) in [6.07, 6.45) is -3.81. The van der Waals surface area contributed by atoms with E-state index >= 15 is 0 Å². The summed E-state index contributed by atoms with van der Waals surface area (Å²) in [5.41, 5.74) is 0. The molecule has 1 N–H and O–H groups in total. The van der Waals surface area contributed by atoms with Gasteiger partial charge in [-0.05, 0) is 45.4 Å². The van der Waals surface area contributed by atoms with E-state index in [2.05, 4.69) is 0 Å². The normalized spacial score (nSPS) is 34.3. The van der Waals surface area contributed by atoms with E-state index in [1.54, 1.807) is 6.92 Å². The van der Waals surface area contributed by atoms with Crippen LogP contribution in [0.4, 0.5) is 13.2 Å². The van der Waals surface area contributed by atoms with Gasteiger partial charge < -0.3 is 5.11 Å². The molecule has 1 heterocycles. The maximum atomic E-state index is 12.7. The molecule has 1 aliphatic carbocycles. The van der Waals surface area contributed by atoms with Crippen LogP contribution >= 0.6 is 0 Å². The first-order valence-electron chi connectivity index (χ1n) is 7.85. The van der Waals surface area contributed by atoms with Crippen LogP contribution in [0.2, 0.25) is 0 Å². The van der Waals surface area contributed by atoms with Gasteiger partial charge in [0.2, 0.25) is 10.0 Å². The van der Waals surface area contributed by atoms with Crippen LogP contribution in [0.5, 0.6) is 0 Å². The van der Waals surface area contributed by atoms with Gasteiger partial charge in [-0.3, -0.25) is 4.79 Å². The van der Waals surface area contributed by atoms with E-state index in [0.29, 0.717) is 12.8 Å². The van der Waals surface area contributed by atoms with E-state index in [1.807, 2.05) is 0 Å². The van der Waals surface area contributed by atoms with Gasteiger partial charge in [0.05, 0.1) is 17.1 Å². The molecule has 2 rings (SSSR count). The molecule has 5 nitrogen and oxygen atoms in total. The van der Waals surface area contributed by atoms with Crippen molar-refractivity contribution in [1.29, 1.82) is 0 Å². The van der Waals surface area contributed by atoms with E-state index in [0.717, 1.165) is 0 Å². The molecule has 23 heavy (non-hydrogen) atoms. The second-order valence-corrected chi connectivity index (χ2v) is 8.66. The Morgan fingerprint density at radius 2 is 1.70 bits per heavy atom. The van der Waals surface area contributed by atoms with Crippen molar-refractivity contribution in [3.8, 4) is 0 Å². The topological polar surface area (TPSA) is 74.7 Å². The Balaban J connectivity index is 2.09. The highest BCUT2D eigenvalue weighted by molar-refractivity contribution is 7.89. The fraction of sp³-hybridized carbons (Fsp3) is 0.929. The summed E-state index contributed by atoms with van der Waals surface area (Å²) < 4.78 is 64.7. The zero-order valence-electron chi connectivity index (χ0n) is 12.9. The number of carboxylic acid groups (broad SMARTS) is 1. The number of hydrogen-bond donors (Lipinski definition) is 1. The molecule has 2 atom stereocenters. The molecule has 2 fully saturated rings. The van der Waals surface area contributed by atoms with Gasteiger partial charge in [-0.1, -0.05) is 0 Å². The Morgan fingerprint density at radius 1 is 1.13 bits per heavy atom. The Kier molecular flexibility index (Phi) is 5.30. The zero-order valence-corrected chi connectivity index (χ0v) is 13.7. The van der Waals surface area contributed by atoms with Gasteiger partial charge in [0.25, 0.3) is 0 Å². The lowest BCUT2D eigenvalue weighted by atomic mass is 9.88. The second-order valence-electron chi connectivity index (χ2n) is 6.50. The standard InChI is InChI=1S/C14H22F3NO4S/c1-9-12(13(19)20)3-2-8-18(9)23(21,22)11-6-4-10(5-7-11)14(15,16)17/h9-12H,2-8H2,1H3,(H,19,20)/t9-,10?,11?,12-/m1/s1. The van der Waals surface area contributed by atoms with E-state index in [4.69, 9.17) is 0 Å². The molecule has 134 valence electrons. The Bertz CT molecular complexity index is 541. The average molecular weight is 357 g/mol. The van der Waals surface area contributed by atoms with Gasteiger partial charge in [-0.25, -0.2) is 8.42 Å². The fourth-order valence-corrected chi connectivity index (χ4v) is 5.93. The number of carboxylic acids is 1. The van der Waals surface area contributed by atoms with Crippen LogP contribution in [0.25, 0.3) is 0 Å². The molecule has 1 aliphatic heterocycles. The van der Waals surface area contributed by atoms with E-state index < -0.39 is 45.3 Å². The van der Waals surface area contributed by atoms with E-state index in [-0.39, 0.29) is 32.2 Å². The number of carbonyl (C=O) groups is 1. The van der Waals surface area contributed by atoms with Gasteiger partial charge in [0.15, 0.2) is 0 Å². The number of sulfonamides is 1. The van der Waals surface area contributed by atoms with Crippen molar-refractivity contribution in [2.24, 2.45) is 11.8 Å². The molecule has 0 radical (unpaired) electrons. The third-order valence-electron chi connectivity index (χ3n) is 5.13. The minimum absolute atomic E-state index is 0.0204. The maximum Gasteiger partial charge on any atom is 0.391 e. The minimum Gasteiger partial charge on any atom is -0.481 e. The molecule has 0 bridgehead atoms. The number of nitrogens with zero attached hydrogens (tertiary/aromatic N) is 1.